The molecule has 4 fully saturated rings. The maximum Gasteiger partial charge on any atom is 0.393 e. The van der Waals surface area contributed by atoms with Crippen molar-refractivity contribution in [2.45, 2.75) is 56.8 Å². The molecule has 0 spiro atoms. The zero-order valence-electron chi connectivity index (χ0n) is 18.1. The summed E-state index contributed by atoms with van der Waals surface area (Å²) in [5.74, 6) is -3.37. The first-order valence-corrected chi connectivity index (χ1v) is 12.7. The van der Waals surface area contributed by atoms with E-state index in [1.807, 2.05) is 6.07 Å². The van der Waals surface area contributed by atoms with E-state index in [-0.39, 0.29) is 50.8 Å². The summed E-state index contributed by atoms with van der Waals surface area (Å²) < 4.78 is 67.1. The van der Waals surface area contributed by atoms with Crippen LogP contribution in [-0.4, -0.2) is 84.7 Å². The van der Waals surface area contributed by atoms with Crippen molar-refractivity contribution < 1.29 is 31.2 Å². The Kier molecular flexibility index (Phi) is 6.63. The van der Waals surface area contributed by atoms with E-state index in [0.29, 0.717) is 32.2 Å². The molecule has 0 aromatic heterocycles. The Morgan fingerprint density at radius 1 is 0.970 bits per heavy atom. The Bertz CT molecular complexity index is 931. The Labute approximate surface area is 191 Å². The highest BCUT2D eigenvalue weighted by atomic mass is 32.2. The molecule has 33 heavy (non-hydrogen) atoms. The summed E-state index contributed by atoms with van der Waals surface area (Å²) in [5, 5.41) is 11.4. The first kappa shape index (κ1) is 24.2. The summed E-state index contributed by atoms with van der Waals surface area (Å²) in [6, 6.07) is 0.246. The molecule has 9 nitrogen and oxygen atoms in total. The van der Waals surface area contributed by atoms with Gasteiger partial charge in [0.2, 0.25) is 11.8 Å². The van der Waals surface area contributed by atoms with Crippen molar-refractivity contribution in [3.05, 3.63) is 0 Å². The molecule has 1 N–H and O–H groups in total. The quantitative estimate of drug-likeness (QED) is 0.613. The molecule has 3 saturated heterocycles. The van der Waals surface area contributed by atoms with Gasteiger partial charge in [-0.05, 0) is 38.5 Å². The number of hydrogen-bond donors (Lipinski definition) is 1. The smallest absolute Gasteiger partial charge is 0.351 e. The van der Waals surface area contributed by atoms with Gasteiger partial charge in [0.05, 0.1) is 23.8 Å². The van der Waals surface area contributed by atoms with Crippen molar-refractivity contribution in [2.75, 3.05) is 32.7 Å². The van der Waals surface area contributed by atoms with Gasteiger partial charge in [-0.1, -0.05) is 0 Å². The van der Waals surface area contributed by atoms with Crippen LogP contribution in [0.15, 0.2) is 0 Å². The molecule has 184 valence electrons. The van der Waals surface area contributed by atoms with Crippen LogP contribution >= 0.6 is 0 Å². The SMILES string of the molecule is N#CC1CN(S(=O)(=O)N2CCCC(C(=O)N3CCC[C@@H]3C(=O)NC3CCC3C(F)(F)F)C2)C1. The number of halogens is 3. The Hall–Kier alpha value is -1.91. The van der Waals surface area contributed by atoms with Gasteiger partial charge >= 0.3 is 6.18 Å². The van der Waals surface area contributed by atoms with E-state index < -0.39 is 46.2 Å². The van der Waals surface area contributed by atoms with E-state index in [9.17, 15) is 31.2 Å². The number of piperidine rings is 1. The minimum atomic E-state index is -4.36. The molecule has 3 aliphatic heterocycles. The van der Waals surface area contributed by atoms with Crippen LogP contribution < -0.4 is 5.32 Å². The molecule has 1 saturated carbocycles. The predicted molar refractivity (Wildman–Crippen MR) is 109 cm³/mol. The maximum absolute atomic E-state index is 13.2. The normalized spacial score (nSPS) is 32.0. The monoisotopic (exact) mass is 491 g/mol. The Balaban J connectivity index is 1.37. The lowest BCUT2D eigenvalue weighted by Gasteiger charge is -2.41. The summed E-state index contributed by atoms with van der Waals surface area (Å²) in [4.78, 5) is 27.4. The number of rotatable bonds is 5. The second-order valence-electron chi connectivity index (χ2n) is 9.38. The number of nitrogens with one attached hydrogen (secondary N) is 1. The van der Waals surface area contributed by atoms with E-state index in [2.05, 4.69) is 5.32 Å². The molecule has 0 aromatic carbocycles. The van der Waals surface area contributed by atoms with E-state index in [1.165, 1.54) is 13.5 Å². The van der Waals surface area contributed by atoms with Gasteiger partial charge in [0.25, 0.3) is 10.2 Å². The molecule has 3 unspecified atom stereocenters. The summed E-state index contributed by atoms with van der Waals surface area (Å²) in [6.07, 6.45) is -2.20. The van der Waals surface area contributed by atoms with Gasteiger partial charge in [0.1, 0.15) is 6.04 Å². The highest BCUT2D eigenvalue weighted by molar-refractivity contribution is 7.86. The predicted octanol–water partition coefficient (Wildman–Crippen LogP) is 0.847. The van der Waals surface area contributed by atoms with Crippen LogP contribution in [0.1, 0.15) is 38.5 Å². The molecule has 4 atom stereocenters. The standard InChI is InChI=1S/C20H28F3N5O4S/c21-20(22,23)15-5-6-16(15)25-18(29)17-4-2-8-28(17)19(30)14-3-1-7-26(12-14)33(31,32)27-10-13(9-24)11-27/h13-17H,1-8,10-12H2,(H,25,29)/t14?,15?,16?,17-/m1/s1. The number of hydrogen-bond acceptors (Lipinski definition) is 5. The van der Waals surface area contributed by atoms with Crippen molar-refractivity contribution in [3.63, 3.8) is 0 Å². The molecule has 3 heterocycles. The molecule has 1 aliphatic carbocycles. The highest BCUT2D eigenvalue weighted by Gasteiger charge is 2.51. The Morgan fingerprint density at radius 2 is 1.67 bits per heavy atom. The third kappa shape index (κ3) is 4.70. The zero-order valence-corrected chi connectivity index (χ0v) is 18.9. The molecule has 4 aliphatic rings. The lowest BCUT2D eigenvalue weighted by Crippen LogP contribution is -2.59. The minimum absolute atomic E-state index is 0.00149. The fourth-order valence-electron chi connectivity index (χ4n) is 5.11. The fraction of sp³-hybridized carbons (Fsp3) is 0.850. The van der Waals surface area contributed by atoms with Gasteiger partial charge in [-0.15, -0.1) is 0 Å². The molecule has 0 radical (unpaired) electrons. The van der Waals surface area contributed by atoms with Crippen molar-refractivity contribution in [1.82, 2.24) is 18.8 Å². The van der Waals surface area contributed by atoms with Crippen LogP contribution in [0.25, 0.3) is 0 Å². The third-order valence-corrected chi connectivity index (χ3v) is 9.21. The lowest BCUT2D eigenvalue weighted by atomic mass is 9.79. The van der Waals surface area contributed by atoms with Gasteiger partial charge in [0.15, 0.2) is 0 Å². The van der Waals surface area contributed by atoms with Gasteiger partial charge in [-0.25, -0.2) is 0 Å². The van der Waals surface area contributed by atoms with Crippen molar-refractivity contribution in [3.8, 4) is 6.07 Å². The van der Waals surface area contributed by atoms with E-state index in [4.69, 9.17) is 5.26 Å². The fourth-order valence-corrected chi connectivity index (χ4v) is 6.90. The molecule has 0 aromatic rings. The number of likely N-dealkylation sites (tertiary alicyclic amines) is 1. The number of carbonyl (C=O) groups excluding carboxylic acids is 2. The van der Waals surface area contributed by atoms with E-state index in [0.717, 1.165) is 0 Å². The number of nitriles is 1. The van der Waals surface area contributed by atoms with E-state index >= 15 is 0 Å². The van der Waals surface area contributed by atoms with Crippen molar-refractivity contribution >= 4 is 22.0 Å². The first-order valence-electron chi connectivity index (χ1n) is 11.3. The van der Waals surface area contributed by atoms with Crippen molar-refractivity contribution in [2.24, 2.45) is 17.8 Å². The largest absolute Gasteiger partial charge is 0.393 e. The molecule has 2 amide bonds. The molecule has 4 rings (SSSR count). The second-order valence-corrected chi connectivity index (χ2v) is 11.3. The Morgan fingerprint density at radius 3 is 2.27 bits per heavy atom. The average Bonchev–Trinajstić information content (AvgIpc) is 3.18. The minimum Gasteiger partial charge on any atom is -0.351 e. The van der Waals surface area contributed by atoms with Crippen LogP contribution in [0.5, 0.6) is 0 Å². The first-order chi connectivity index (χ1) is 15.5. The van der Waals surface area contributed by atoms with Gasteiger partial charge in [-0.3, -0.25) is 9.59 Å². The summed E-state index contributed by atoms with van der Waals surface area (Å²) in [7, 11) is -3.76. The maximum atomic E-state index is 13.2. The van der Waals surface area contributed by atoms with Crippen molar-refractivity contribution in [1.29, 1.82) is 5.26 Å². The summed E-state index contributed by atoms with van der Waals surface area (Å²) in [5.41, 5.74) is 0. The summed E-state index contributed by atoms with van der Waals surface area (Å²) in [6.45, 7) is 0.886. The number of amides is 2. The number of carbonyl (C=O) groups is 2. The molecular weight excluding hydrogens is 463 g/mol. The number of nitrogens with zero attached hydrogens (tertiary/aromatic N) is 4. The van der Waals surface area contributed by atoms with Crippen LogP contribution in [0, 0.1) is 29.1 Å². The second kappa shape index (κ2) is 9.03. The number of alkyl halides is 3. The van der Waals surface area contributed by atoms with Gasteiger partial charge in [-0.2, -0.15) is 35.5 Å². The third-order valence-electron chi connectivity index (χ3n) is 7.28. The topological polar surface area (TPSA) is 114 Å². The van der Waals surface area contributed by atoms with Crippen LogP contribution in [0.4, 0.5) is 13.2 Å². The van der Waals surface area contributed by atoms with Crippen LogP contribution in [-0.2, 0) is 19.8 Å². The summed E-state index contributed by atoms with van der Waals surface area (Å²) >= 11 is 0. The molecular formula is C20H28F3N5O4S. The van der Waals surface area contributed by atoms with Crippen LogP contribution in [0.3, 0.4) is 0 Å². The van der Waals surface area contributed by atoms with Gasteiger partial charge in [0, 0.05) is 38.8 Å². The van der Waals surface area contributed by atoms with Crippen LogP contribution in [0.2, 0.25) is 0 Å². The average molecular weight is 492 g/mol. The van der Waals surface area contributed by atoms with E-state index in [1.54, 1.807) is 0 Å². The lowest BCUT2D eigenvalue weighted by molar-refractivity contribution is -0.203. The van der Waals surface area contributed by atoms with Gasteiger partial charge < -0.3 is 10.2 Å². The highest BCUT2D eigenvalue weighted by Crippen LogP contribution is 2.41. The molecule has 0 bridgehead atoms. The molecule has 13 heteroatoms. The zero-order chi connectivity index (χ0) is 24.0.